The summed E-state index contributed by atoms with van der Waals surface area (Å²) >= 11 is 0. The number of benzene rings is 2. The molecule has 0 unspecified atom stereocenters. The zero-order valence-electron chi connectivity index (χ0n) is 14.0. The largest absolute Gasteiger partial charge is 0.493 e. The van der Waals surface area contributed by atoms with Crippen LogP contribution in [0.5, 0.6) is 5.75 Å². The van der Waals surface area contributed by atoms with Gasteiger partial charge < -0.3 is 10.1 Å². The SMILES string of the molecule is CCc1cccc(C)c1NCCCCOc1ccccc1C. The number of aryl methyl sites for hydroxylation is 3. The highest BCUT2D eigenvalue weighted by Crippen LogP contribution is 2.21. The van der Waals surface area contributed by atoms with E-state index in [1.165, 1.54) is 22.4 Å². The minimum atomic E-state index is 0.779. The molecule has 2 rings (SSSR count). The van der Waals surface area contributed by atoms with Crippen LogP contribution in [0.15, 0.2) is 42.5 Å². The highest BCUT2D eigenvalue weighted by atomic mass is 16.5. The number of hydrogen-bond acceptors (Lipinski definition) is 2. The van der Waals surface area contributed by atoms with Crippen molar-refractivity contribution in [3.05, 3.63) is 59.2 Å². The Balaban J connectivity index is 1.71. The van der Waals surface area contributed by atoms with Gasteiger partial charge in [0.1, 0.15) is 5.75 Å². The van der Waals surface area contributed by atoms with Gasteiger partial charge in [0, 0.05) is 12.2 Å². The molecule has 2 nitrogen and oxygen atoms in total. The first-order valence-electron chi connectivity index (χ1n) is 8.23. The lowest BCUT2D eigenvalue weighted by Gasteiger charge is -2.14. The van der Waals surface area contributed by atoms with E-state index in [2.05, 4.69) is 50.4 Å². The van der Waals surface area contributed by atoms with E-state index in [9.17, 15) is 0 Å². The van der Waals surface area contributed by atoms with Crippen LogP contribution in [0, 0.1) is 13.8 Å². The standard InChI is InChI=1S/C20H27NO/c1-4-18-12-9-11-17(3)20(18)21-14-7-8-15-22-19-13-6-5-10-16(19)2/h5-6,9-13,21H,4,7-8,14-15H2,1-3H3. The minimum absolute atomic E-state index is 0.779. The molecular formula is C20H27NO. The Morgan fingerprint density at radius 1 is 0.909 bits per heavy atom. The van der Waals surface area contributed by atoms with E-state index in [1.807, 2.05) is 18.2 Å². The van der Waals surface area contributed by atoms with Crippen LogP contribution in [0.25, 0.3) is 0 Å². The fourth-order valence-corrected chi connectivity index (χ4v) is 2.62. The van der Waals surface area contributed by atoms with Crippen molar-refractivity contribution in [2.45, 2.75) is 40.0 Å². The lowest BCUT2D eigenvalue weighted by atomic mass is 10.1. The number of anilines is 1. The van der Waals surface area contributed by atoms with Gasteiger partial charge in [-0.25, -0.2) is 0 Å². The zero-order chi connectivity index (χ0) is 15.8. The van der Waals surface area contributed by atoms with E-state index in [1.54, 1.807) is 0 Å². The van der Waals surface area contributed by atoms with Crippen LogP contribution in [0.4, 0.5) is 5.69 Å². The molecule has 0 radical (unpaired) electrons. The van der Waals surface area contributed by atoms with Gasteiger partial charge in [-0.2, -0.15) is 0 Å². The van der Waals surface area contributed by atoms with Crippen LogP contribution in [0.2, 0.25) is 0 Å². The highest BCUT2D eigenvalue weighted by molar-refractivity contribution is 5.57. The van der Waals surface area contributed by atoms with Crippen molar-refractivity contribution in [2.75, 3.05) is 18.5 Å². The molecule has 22 heavy (non-hydrogen) atoms. The van der Waals surface area contributed by atoms with Crippen molar-refractivity contribution in [3.63, 3.8) is 0 Å². The molecule has 0 aliphatic rings. The summed E-state index contributed by atoms with van der Waals surface area (Å²) in [5.74, 6) is 1.00. The predicted molar refractivity (Wildman–Crippen MR) is 95.0 cm³/mol. The van der Waals surface area contributed by atoms with Crippen LogP contribution in [0.1, 0.15) is 36.5 Å². The van der Waals surface area contributed by atoms with Gasteiger partial charge in [-0.05, 0) is 55.9 Å². The summed E-state index contributed by atoms with van der Waals surface area (Å²) in [6.45, 7) is 8.23. The third-order valence-corrected chi connectivity index (χ3v) is 3.96. The van der Waals surface area contributed by atoms with Gasteiger partial charge in [0.05, 0.1) is 6.61 Å². The Morgan fingerprint density at radius 2 is 1.68 bits per heavy atom. The third kappa shape index (κ3) is 4.52. The Bertz CT molecular complexity index is 592. The molecule has 2 heteroatoms. The maximum absolute atomic E-state index is 5.83. The maximum atomic E-state index is 5.83. The molecule has 0 saturated heterocycles. The third-order valence-electron chi connectivity index (χ3n) is 3.96. The Morgan fingerprint density at radius 3 is 2.45 bits per heavy atom. The Labute approximate surface area is 134 Å². The van der Waals surface area contributed by atoms with Crippen molar-refractivity contribution in [2.24, 2.45) is 0 Å². The van der Waals surface area contributed by atoms with Crippen LogP contribution in [-0.2, 0) is 6.42 Å². The molecule has 0 bridgehead atoms. The second-order valence-electron chi connectivity index (χ2n) is 5.71. The molecule has 0 saturated carbocycles. The molecule has 0 aliphatic heterocycles. The van der Waals surface area contributed by atoms with Gasteiger partial charge in [0.25, 0.3) is 0 Å². The van der Waals surface area contributed by atoms with E-state index in [-0.39, 0.29) is 0 Å². The van der Waals surface area contributed by atoms with Crippen molar-refractivity contribution in [3.8, 4) is 5.75 Å². The fraction of sp³-hybridized carbons (Fsp3) is 0.400. The predicted octanol–water partition coefficient (Wildman–Crippen LogP) is 5.14. The van der Waals surface area contributed by atoms with E-state index < -0.39 is 0 Å². The van der Waals surface area contributed by atoms with Gasteiger partial charge >= 0.3 is 0 Å². The van der Waals surface area contributed by atoms with Gasteiger partial charge in [-0.15, -0.1) is 0 Å². The molecule has 0 aliphatic carbocycles. The first kappa shape index (κ1) is 16.4. The first-order valence-corrected chi connectivity index (χ1v) is 8.23. The van der Waals surface area contributed by atoms with Gasteiger partial charge in [0.15, 0.2) is 0 Å². The highest BCUT2D eigenvalue weighted by Gasteiger charge is 2.03. The molecule has 2 aromatic rings. The monoisotopic (exact) mass is 297 g/mol. The molecule has 0 atom stereocenters. The van der Waals surface area contributed by atoms with Crippen LogP contribution in [-0.4, -0.2) is 13.2 Å². The van der Waals surface area contributed by atoms with Gasteiger partial charge in [-0.3, -0.25) is 0 Å². The summed E-state index contributed by atoms with van der Waals surface area (Å²) in [7, 11) is 0. The molecule has 0 aromatic heterocycles. The lowest BCUT2D eigenvalue weighted by Crippen LogP contribution is -2.07. The second-order valence-corrected chi connectivity index (χ2v) is 5.71. The normalized spacial score (nSPS) is 10.5. The van der Waals surface area contributed by atoms with E-state index in [0.29, 0.717) is 0 Å². The summed E-state index contributed by atoms with van der Waals surface area (Å²) in [5.41, 5.74) is 5.24. The number of hydrogen-bond donors (Lipinski definition) is 1. The van der Waals surface area contributed by atoms with Crippen LogP contribution >= 0.6 is 0 Å². The molecule has 0 spiro atoms. The van der Waals surface area contributed by atoms with Crippen molar-refractivity contribution in [1.29, 1.82) is 0 Å². The average Bonchev–Trinajstić information content (AvgIpc) is 2.53. The summed E-state index contributed by atoms with van der Waals surface area (Å²) in [4.78, 5) is 0. The molecule has 0 amide bonds. The fourth-order valence-electron chi connectivity index (χ4n) is 2.62. The molecule has 0 heterocycles. The van der Waals surface area contributed by atoms with Crippen LogP contribution in [0.3, 0.4) is 0 Å². The molecule has 118 valence electrons. The first-order chi connectivity index (χ1) is 10.7. The second kappa shape index (κ2) is 8.47. The number of nitrogens with one attached hydrogen (secondary N) is 1. The van der Waals surface area contributed by atoms with E-state index in [0.717, 1.165) is 38.2 Å². The summed E-state index contributed by atoms with van der Waals surface area (Å²) < 4.78 is 5.83. The number of para-hydroxylation sites is 2. The number of ether oxygens (including phenoxy) is 1. The number of rotatable bonds is 8. The summed E-state index contributed by atoms with van der Waals surface area (Å²) in [5, 5.41) is 3.59. The molecule has 1 N–H and O–H groups in total. The van der Waals surface area contributed by atoms with Gasteiger partial charge in [-0.1, -0.05) is 43.3 Å². The topological polar surface area (TPSA) is 21.3 Å². The summed E-state index contributed by atoms with van der Waals surface area (Å²) in [6, 6.07) is 14.7. The van der Waals surface area contributed by atoms with E-state index in [4.69, 9.17) is 4.74 Å². The smallest absolute Gasteiger partial charge is 0.122 e. The zero-order valence-corrected chi connectivity index (χ0v) is 14.0. The quantitative estimate of drug-likeness (QED) is 0.681. The average molecular weight is 297 g/mol. The van der Waals surface area contributed by atoms with Crippen molar-refractivity contribution < 1.29 is 4.74 Å². The minimum Gasteiger partial charge on any atom is -0.493 e. The van der Waals surface area contributed by atoms with Crippen LogP contribution < -0.4 is 10.1 Å². The number of unbranched alkanes of at least 4 members (excludes halogenated alkanes) is 1. The Hall–Kier alpha value is -1.96. The Kier molecular flexibility index (Phi) is 6.32. The summed E-state index contributed by atoms with van der Waals surface area (Å²) in [6.07, 6.45) is 3.25. The lowest BCUT2D eigenvalue weighted by molar-refractivity contribution is 0.306. The molecule has 2 aromatic carbocycles. The van der Waals surface area contributed by atoms with E-state index >= 15 is 0 Å². The van der Waals surface area contributed by atoms with Crippen molar-refractivity contribution >= 4 is 5.69 Å². The molecular weight excluding hydrogens is 270 g/mol. The van der Waals surface area contributed by atoms with Crippen molar-refractivity contribution in [1.82, 2.24) is 0 Å². The maximum Gasteiger partial charge on any atom is 0.122 e. The van der Waals surface area contributed by atoms with Gasteiger partial charge in [0.2, 0.25) is 0 Å². The molecule has 0 fully saturated rings.